The third-order valence-electron chi connectivity index (χ3n) is 5.65. The Balaban J connectivity index is 1.59. The van der Waals surface area contributed by atoms with Gasteiger partial charge in [0.1, 0.15) is 0 Å². The van der Waals surface area contributed by atoms with Crippen molar-refractivity contribution in [2.24, 2.45) is 0 Å². The fourth-order valence-electron chi connectivity index (χ4n) is 4.37. The quantitative estimate of drug-likeness (QED) is 0.781. The number of carbonyl (C=O) groups is 1. The van der Waals surface area contributed by atoms with Gasteiger partial charge in [0.05, 0.1) is 12.8 Å². The Labute approximate surface area is 172 Å². The minimum Gasteiger partial charge on any atom is -0.284 e. The summed E-state index contributed by atoms with van der Waals surface area (Å²) < 4.78 is 25.6. The first kappa shape index (κ1) is 19.9. The molecule has 154 valence electrons. The van der Waals surface area contributed by atoms with E-state index in [4.69, 9.17) is 0 Å². The predicted octanol–water partition coefficient (Wildman–Crippen LogP) is 3.83. The number of hydrazine groups is 1. The van der Waals surface area contributed by atoms with Crippen LogP contribution >= 0.6 is 0 Å². The zero-order valence-corrected chi connectivity index (χ0v) is 17.7. The molecule has 6 nitrogen and oxygen atoms in total. The van der Waals surface area contributed by atoms with Crippen molar-refractivity contribution in [3.63, 3.8) is 0 Å². The third-order valence-corrected chi connectivity index (χ3v) is 6.25. The van der Waals surface area contributed by atoms with Crippen LogP contribution in [0.1, 0.15) is 53.6 Å². The zero-order chi connectivity index (χ0) is 20.6. The van der Waals surface area contributed by atoms with Crippen molar-refractivity contribution in [3.8, 4) is 11.1 Å². The molecule has 1 aliphatic carbocycles. The Morgan fingerprint density at radius 3 is 2.52 bits per heavy atom. The van der Waals surface area contributed by atoms with Crippen molar-refractivity contribution >= 4 is 21.6 Å². The number of nitrogens with zero attached hydrogens (tertiary/aromatic N) is 1. The van der Waals surface area contributed by atoms with Crippen LogP contribution in [-0.2, 0) is 16.6 Å². The van der Waals surface area contributed by atoms with E-state index < -0.39 is 10.0 Å². The van der Waals surface area contributed by atoms with E-state index in [2.05, 4.69) is 10.1 Å². The van der Waals surface area contributed by atoms with Crippen molar-refractivity contribution in [1.29, 1.82) is 0 Å². The number of amides is 1. The molecule has 2 aromatic carbocycles. The third kappa shape index (κ3) is 4.46. The Hall–Kier alpha value is -2.38. The smallest absolute Gasteiger partial charge is 0.268 e. The van der Waals surface area contributed by atoms with Crippen LogP contribution in [0.2, 0.25) is 0 Å². The summed E-state index contributed by atoms with van der Waals surface area (Å²) in [6.07, 6.45) is 7.08. The molecular formula is C22H27N3O3S. The van der Waals surface area contributed by atoms with E-state index in [-0.39, 0.29) is 5.91 Å². The van der Waals surface area contributed by atoms with Crippen LogP contribution in [0, 0.1) is 6.92 Å². The second-order valence-electron chi connectivity index (χ2n) is 8.14. The highest BCUT2D eigenvalue weighted by molar-refractivity contribution is 7.92. The van der Waals surface area contributed by atoms with Gasteiger partial charge in [-0.15, -0.1) is 0 Å². The first-order chi connectivity index (χ1) is 13.8. The molecular weight excluding hydrogens is 386 g/mol. The molecule has 1 fully saturated rings. The van der Waals surface area contributed by atoms with Crippen LogP contribution in [0.15, 0.2) is 36.4 Å². The van der Waals surface area contributed by atoms with Gasteiger partial charge in [0.25, 0.3) is 5.91 Å². The van der Waals surface area contributed by atoms with Gasteiger partial charge in [-0.2, -0.15) is 0 Å². The maximum atomic E-state index is 12.9. The Kier molecular flexibility index (Phi) is 5.36. The highest BCUT2D eigenvalue weighted by Crippen LogP contribution is 2.32. The van der Waals surface area contributed by atoms with E-state index in [0.29, 0.717) is 18.3 Å². The van der Waals surface area contributed by atoms with Gasteiger partial charge in [-0.1, -0.05) is 37.5 Å². The number of aryl methyl sites for hydroxylation is 1. The van der Waals surface area contributed by atoms with Gasteiger partial charge in [0, 0.05) is 17.3 Å². The van der Waals surface area contributed by atoms with Crippen LogP contribution in [0.3, 0.4) is 0 Å². The maximum Gasteiger partial charge on any atom is 0.268 e. The number of benzene rings is 2. The first-order valence-electron chi connectivity index (χ1n) is 10.1. The summed E-state index contributed by atoms with van der Waals surface area (Å²) in [7, 11) is -3.33. The largest absolute Gasteiger partial charge is 0.284 e. The van der Waals surface area contributed by atoms with Crippen LogP contribution in [0.5, 0.6) is 0 Å². The summed E-state index contributed by atoms with van der Waals surface area (Å²) in [6, 6.07) is 11.7. The molecule has 0 atom stereocenters. The topological polar surface area (TPSA) is 78.5 Å². The number of nitrogens with one attached hydrogen (secondary N) is 2. The van der Waals surface area contributed by atoms with Crippen LogP contribution in [-0.4, -0.2) is 31.6 Å². The van der Waals surface area contributed by atoms with Crippen molar-refractivity contribution in [2.75, 3.05) is 11.0 Å². The monoisotopic (exact) mass is 413 g/mol. The molecule has 2 aliphatic rings. The molecule has 0 saturated heterocycles. The highest BCUT2D eigenvalue weighted by atomic mass is 32.2. The number of rotatable bonds is 5. The van der Waals surface area contributed by atoms with E-state index in [1.165, 1.54) is 19.3 Å². The highest BCUT2D eigenvalue weighted by Gasteiger charge is 2.31. The minimum absolute atomic E-state index is 0.0436. The van der Waals surface area contributed by atoms with Gasteiger partial charge in [-0.25, -0.2) is 13.8 Å². The van der Waals surface area contributed by atoms with E-state index in [0.717, 1.165) is 46.9 Å². The Morgan fingerprint density at radius 2 is 1.79 bits per heavy atom. The summed E-state index contributed by atoms with van der Waals surface area (Å²) in [5.41, 5.74) is 8.59. The minimum atomic E-state index is -3.33. The van der Waals surface area contributed by atoms with E-state index in [1.807, 2.05) is 37.3 Å². The zero-order valence-electron chi connectivity index (χ0n) is 16.9. The summed E-state index contributed by atoms with van der Waals surface area (Å²) in [4.78, 5) is 12.9. The lowest BCUT2D eigenvalue weighted by Gasteiger charge is -2.28. The molecule has 0 radical (unpaired) electrons. The molecule has 4 rings (SSSR count). The number of sulfonamides is 1. The molecule has 2 aromatic rings. The second-order valence-corrected chi connectivity index (χ2v) is 9.89. The number of carbonyl (C=O) groups excluding carboxylic acids is 1. The first-order valence-corrected chi connectivity index (χ1v) is 12.0. The second kappa shape index (κ2) is 7.80. The van der Waals surface area contributed by atoms with Gasteiger partial charge in [-0.05, 0) is 60.2 Å². The molecule has 1 aliphatic heterocycles. The summed E-state index contributed by atoms with van der Waals surface area (Å²) in [5.74, 6) is 0.0436. The Bertz CT molecular complexity index is 1040. The fraction of sp³-hybridized carbons (Fsp3) is 0.409. The average Bonchev–Trinajstić information content (AvgIpc) is 2.97. The molecule has 0 unspecified atom stereocenters. The summed E-state index contributed by atoms with van der Waals surface area (Å²) >= 11 is 0. The molecule has 0 aromatic heterocycles. The summed E-state index contributed by atoms with van der Waals surface area (Å²) in [6.45, 7) is 2.52. The number of fused-ring (bicyclic) bond motifs is 1. The van der Waals surface area contributed by atoms with Gasteiger partial charge in [0.2, 0.25) is 10.0 Å². The maximum absolute atomic E-state index is 12.9. The number of hydrogen-bond acceptors (Lipinski definition) is 4. The van der Waals surface area contributed by atoms with Gasteiger partial charge < -0.3 is 0 Å². The lowest BCUT2D eigenvalue weighted by Crippen LogP contribution is -2.45. The number of anilines is 1. The lowest BCUT2D eigenvalue weighted by molar-refractivity contribution is 0.0621. The van der Waals surface area contributed by atoms with E-state index >= 15 is 0 Å². The standard InChI is InChI=1S/C22H27N3O3S/c1-15-11-17(16-7-6-10-20(13-16)24-29(2,27)28)12-18-14-25(22(26)21(15)18)23-19-8-4-3-5-9-19/h6-7,10-13,19,23-24H,3-5,8-9,14H2,1-2H3. The molecule has 1 heterocycles. The van der Waals surface area contributed by atoms with Crippen LogP contribution in [0.25, 0.3) is 11.1 Å². The van der Waals surface area contributed by atoms with Crippen molar-refractivity contribution in [1.82, 2.24) is 10.4 Å². The van der Waals surface area contributed by atoms with Crippen LogP contribution < -0.4 is 10.1 Å². The van der Waals surface area contributed by atoms with Gasteiger partial charge in [-0.3, -0.25) is 14.5 Å². The van der Waals surface area contributed by atoms with Crippen molar-refractivity contribution in [3.05, 3.63) is 53.1 Å². The van der Waals surface area contributed by atoms with Gasteiger partial charge in [0.15, 0.2) is 0 Å². The van der Waals surface area contributed by atoms with Crippen LogP contribution in [0.4, 0.5) is 5.69 Å². The van der Waals surface area contributed by atoms with E-state index in [9.17, 15) is 13.2 Å². The molecule has 0 bridgehead atoms. The average molecular weight is 414 g/mol. The van der Waals surface area contributed by atoms with Crippen molar-refractivity contribution < 1.29 is 13.2 Å². The number of hydrogen-bond donors (Lipinski definition) is 2. The fourth-order valence-corrected chi connectivity index (χ4v) is 4.92. The predicted molar refractivity (Wildman–Crippen MR) is 115 cm³/mol. The lowest BCUT2D eigenvalue weighted by atomic mass is 9.96. The summed E-state index contributed by atoms with van der Waals surface area (Å²) in [5, 5.41) is 1.76. The molecule has 1 amide bonds. The molecule has 2 N–H and O–H groups in total. The molecule has 7 heteroatoms. The van der Waals surface area contributed by atoms with Gasteiger partial charge >= 0.3 is 0 Å². The SMILES string of the molecule is Cc1cc(-c2cccc(NS(C)(=O)=O)c2)cc2c1C(=O)N(NC1CCCCC1)C2. The van der Waals surface area contributed by atoms with Crippen molar-refractivity contribution in [2.45, 2.75) is 51.6 Å². The Morgan fingerprint density at radius 1 is 1.03 bits per heavy atom. The molecule has 29 heavy (non-hydrogen) atoms. The molecule has 1 saturated carbocycles. The van der Waals surface area contributed by atoms with E-state index in [1.54, 1.807) is 11.1 Å². The normalized spacial score (nSPS) is 17.4. The molecule has 0 spiro atoms.